The minimum atomic E-state index is -0.316. The second kappa shape index (κ2) is 14.1. The molecule has 0 spiro atoms. The Labute approximate surface area is 205 Å². The number of nitrogens with two attached hydrogens (primary N) is 1. The predicted octanol–water partition coefficient (Wildman–Crippen LogP) is 1.83. The second-order valence-electron chi connectivity index (χ2n) is 7.06. The van der Waals surface area contributed by atoms with E-state index in [4.69, 9.17) is 5.73 Å². The van der Waals surface area contributed by atoms with Crippen LogP contribution in [-0.4, -0.2) is 32.5 Å². The molecule has 9 nitrogen and oxygen atoms in total. The number of hydrogen-bond acceptors (Lipinski definition) is 6. The number of benzene rings is 1. The van der Waals surface area contributed by atoms with Crippen molar-refractivity contribution in [3.05, 3.63) is 81.5 Å². The fraction of sp³-hybridized carbons (Fsp3) is 0.273. The summed E-state index contributed by atoms with van der Waals surface area (Å²) < 4.78 is 1.42. The molecule has 1 amide bonds. The number of nitrogens with zero attached hydrogens (tertiary/aromatic N) is 3. The lowest BCUT2D eigenvalue weighted by molar-refractivity contribution is -0.121. The summed E-state index contributed by atoms with van der Waals surface area (Å²) in [6.45, 7) is 4.40. The van der Waals surface area contributed by atoms with Crippen molar-refractivity contribution in [1.29, 1.82) is 0 Å². The highest BCUT2D eigenvalue weighted by Gasteiger charge is 2.12. The quantitative estimate of drug-likeness (QED) is 0.433. The molecular formula is C22H30Cl2N6O3. The molecular weight excluding hydrogens is 467 g/mol. The minimum Gasteiger partial charge on any atom is -0.412 e. The highest BCUT2D eigenvalue weighted by molar-refractivity contribution is 5.85. The summed E-state index contributed by atoms with van der Waals surface area (Å²) in [5.41, 5.74) is 8.76. The Kier molecular flexibility index (Phi) is 12.8. The van der Waals surface area contributed by atoms with Gasteiger partial charge in [-0.2, -0.15) is 0 Å². The molecule has 33 heavy (non-hydrogen) atoms. The van der Waals surface area contributed by atoms with Crippen molar-refractivity contribution < 1.29 is 10.3 Å². The van der Waals surface area contributed by atoms with E-state index in [1.54, 1.807) is 19.2 Å². The summed E-state index contributed by atoms with van der Waals surface area (Å²) in [4.78, 5) is 33.6. The van der Waals surface area contributed by atoms with Crippen LogP contribution in [0.25, 0.3) is 0 Å². The molecule has 3 rings (SSSR count). The maximum Gasteiger partial charge on any atom is 0.293 e. The van der Waals surface area contributed by atoms with E-state index in [-0.39, 0.29) is 54.1 Å². The van der Waals surface area contributed by atoms with Crippen molar-refractivity contribution in [3.8, 4) is 0 Å². The van der Waals surface area contributed by atoms with Gasteiger partial charge in [0.25, 0.3) is 5.56 Å². The number of carbonyl (C=O) groups excluding carboxylic acids is 1. The van der Waals surface area contributed by atoms with Crippen LogP contribution in [-0.2, 0) is 24.3 Å². The van der Waals surface area contributed by atoms with E-state index < -0.39 is 0 Å². The fourth-order valence-corrected chi connectivity index (χ4v) is 3.05. The highest BCUT2D eigenvalue weighted by Crippen LogP contribution is 2.08. The molecule has 0 aliphatic carbocycles. The van der Waals surface area contributed by atoms with E-state index in [9.17, 15) is 9.59 Å². The van der Waals surface area contributed by atoms with Crippen LogP contribution < -0.4 is 21.9 Å². The molecule has 0 aliphatic rings. The lowest BCUT2D eigenvalue weighted by Crippen LogP contribution is -2.34. The number of amides is 1. The first-order valence-electron chi connectivity index (χ1n) is 9.77. The van der Waals surface area contributed by atoms with E-state index in [2.05, 4.69) is 20.6 Å². The molecule has 1 aromatic carbocycles. The van der Waals surface area contributed by atoms with E-state index >= 15 is 0 Å². The van der Waals surface area contributed by atoms with Crippen molar-refractivity contribution in [2.24, 2.45) is 0 Å². The maximum atomic E-state index is 12.8. The van der Waals surface area contributed by atoms with E-state index in [1.807, 2.05) is 43.3 Å². The van der Waals surface area contributed by atoms with Crippen LogP contribution in [0.5, 0.6) is 0 Å². The maximum absolute atomic E-state index is 12.8. The Morgan fingerprint density at radius 2 is 1.79 bits per heavy atom. The SMILES string of the molecule is Cc1nc(N)ccc1CNC(=O)Cn1c(C)cnc(NCCc2ccccc2)c1=O.Cl.Cl.O. The summed E-state index contributed by atoms with van der Waals surface area (Å²) in [5, 5.41) is 5.90. The lowest BCUT2D eigenvalue weighted by atomic mass is 10.1. The third-order valence-electron chi connectivity index (χ3n) is 4.80. The van der Waals surface area contributed by atoms with Gasteiger partial charge in [0.05, 0.1) is 0 Å². The Morgan fingerprint density at radius 3 is 2.45 bits per heavy atom. The summed E-state index contributed by atoms with van der Waals surface area (Å²) in [5.74, 6) is 0.412. The number of pyridine rings is 1. The Hall–Kier alpha value is -3.14. The first kappa shape index (κ1) is 29.9. The number of rotatable bonds is 8. The van der Waals surface area contributed by atoms with Gasteiger partial charge in [-0.1, -0.05) is 36.4 Å². The van der Waals surface area contributed by atoms with Gasteiger partial charge in [-0.3, -0.25) is 14.2 Å². The molecule has 2 aromatic heterocycles. The number of anilines is 2. The summed E-state index contributed by atoms with van der Waals surface area (Å²) in [6, 6.07) is 13.5. The van der Waals surface area contributed by atoms with Crippen LogP contribution in [0.15, 0.2) is 53.5 Å². The molecule has 2 heterocycles. The van der Waals surface area contributed by atoms with Crippen molar-refractivity contribution in [2.75, 3.05) is 17.6 Å². The molecule has 0 bridgehead atoms. The predicted molar refractivity (Wildman–Crippen MR) is 135 cm³/mol. The Morgan fingerprint density at radius 1 is 1.09 bits per heavy atom. The average Bonchev–Trinajstić information content (AvgIpc) is 2.73. The largest absolute Gasteiger partial charge is 0.412 e. The number of carbonyl (C=O) groups is 1. The number of nitrogens with one attached hydrogen (secondary N) is 2. The van der Waals surface area contributed by atoms with Gasteiger partial charge in [-0.05, 0) is 37.5 Å². The van der Waals surface area contributed by atoms with Gasteiger partial charge in [0.15, 0.2) is 5.82 Å². The van der Waals surface area contributed by atoms with Crippen molar-refractivity contribution in [2.45, 2.75) is 33.4 Å². The van der Waals surface area contributed by atoms with Gasteiger partial charge in [0.1, 0.15) is 12.4 Å². The number of aryl methyl sites for hydroxylation is 2. The van der Waals surface area contributed by atoms with Crippen molar-refractivity contribution >= 4 is 42.4 Å². The van der Waals surface area contributed by atoms with Gasteiger partial charge in [0.2, 0.25) is 5.91 Å². The van der Waals surface area contributed by atoms with Crippen LogP contribution in [0.1, 0.15) is 22.5 Å². The number of aromatic nitrogens is 3. The van der Waals surface area contributed by atoms with Crippen LogP contribution in [0.2, 0.25) is 0 Å². The zero-order valence-electron chi connectivity index (χ0n) is 18.5. The molecule has 0 radical (unpaired) electrons. The van der Waals surface area contributed by atoms with Gasteiger partial charge >= 0.3 is 0 Å². The zero-order valence-corrected chi connectivity index (χ0v) is 20.1. The first-order chi connectivity index (χ1) is 14.4. The summed E-state index contributed by atoms with van der Waals surface area (Å²) in [6.07, 6.45) is 2.36. The first-order valence-corrected chi connectivity index (χ1v) is 9.77. The van der Waals surface area contributed by atoms with Gasteiger partial charge in [-0.25, -0.2) is 9.97 Å². The fourth-order valence-electron chi connectivity index (χ4n) is 3.05. The molecule has 0 aliphatic heterocycles. The lowest BCUT2D eigenvalue weighted by Gasteiger charge is -2.13. The number of halogens is 2. The third-order valence-corrected chi connectivity index (χ3v) is 4.80. The Balaban J connectivity index is 0.00000341. The summed E-state index contributed by atoms with van der Waals surface area (Å²) >= 11 is 0. The van der Waals surface area contributed by atoms with Crippen LogP contribution >= 0.6 is 24.8 Å². The molecule has 0 atom stereocenters. The second-order valence-corrected chi connectivity index (χ2v) is 7.06. The number of hydrogen-bond donors (Lipinski definition) is 3. The molecule has 0 saturated heterocycles. The zero-order chi connectivity index (χ0) is 21.5. The van der Waals surface area contributed by atoms with E-state index in [1.165, 1.54) is 10.1 Å². The van der Waals surface area contributed by atoms with E-state index in [0.29, 0.717) is 24.6 Å². The average molecular weight is 497 g/mol. The molecule has 0 fully saturated rings. The highest BCUT2D eigenvalue weighted by atomic mass is 35.5. The third kappa shape index (κ3) is 8.38. The normalized spacial score (nSPS) is 9.64. The molecule has 0 saturated carbocycles. The van der Waals surface area contributed by atoms with Gasteiger partial charge in [0, 0.05) is 30.7 Å². The van der Waals surface area contributed by atoms with Crippen LogP contribution in [0, 0.1) is 13.8 Å². The molecule has 180 valence electrons. The molecule has 0 unspecified atom stereocenters. The summed E-state index contributed by atoms with van der Waals surface area (Å²) in [7, 11) is 0. The van der Waals surface area contributed by atoms with Crippen molar-refractivity contribution in [1.82, 2.24) is 19.9 Å². The van der Waals surface area contributed by atoms with Gasteiger partial charge < -0.3 is 21.8 Å². The molecule has 11 heteroatoms. The minimum absolute atomic E-state index is 0. The smallest absolute Gasteiger partial charge is 0.293 e. The topological polar surface area (TPSA) is 146 Å². The Bertz CT molecular complexity index is 1090. The van der Waals surface area contributed by atoms with Crippen molar-refractivity contribution in [3.63, 3.8) is 0 Å². The standard InChI is InChI=1S/C22H26N6O2.2ClH.H2O/c1-15-12-26-21(24-11-10-17-6-4-3-5-7-17)22(30)28(15)14-20(29)25-13-18-8-9-19(23)27-16(18)2;;;/h3-9,12H,10-11,13-14H2,1-2H3,(H2,23,27)(H,24,26)(H,25,29);2*1H;1H2. The molecule has 6 N–H and O–H groups in total. The molecule has 3 aromatic rings. The monoisotopic (exact) mass is 496 g/mol. The van der Waals surface area contributed by atoms with Crippen LogP contribution in [0.4, 0.5) is 11.6 Å². The van der Waals surface area contributed by atoms with Gasteiger partial charge in [-0.15, -0.1) is 24.8 Å². The van der Waals surface area contributed by atoms with Crippen LogP contribution in [0.3, 0.4) is 0 Å². The van der Waals surface area contributed by atoms with E-state index in [0.717, 1.165) is 17.7 Å². The number of nitrogen functional groups attached to an aromatic ring is 1.